The van der Waals surface area contributed by atoms with Crippen molar-refractivity contribution in [2.24, 2.45) is 11.7 Å². The number of carbonyl (C=O) groups excluding carboxylic acids is 2. The van der Waals surface area contributed by atoms with Crippen molar-refractivity contribution in [2.75, 3.05) is 24.2 Å². The molecule has 0 aliphatic carbocycles. The van der Waals surface area contributed by atoms with Gasteiger partial charge in [-0.3, -0.25) is 9.59 Å². The van der Waals surface area contributed by atoms with E-state index in [4.69, 9.17) is 5.73 Å². The van der Waals surface area contributed by atoms with Crippen LogP contribution in [0.15, 0.2) is 24.3 Å². The Morgan fingerprint density at radius 2 is 2.00 bits per heavy atom. The van der Waals surface area contributed by atoms with Gasteiger partial charge in [-0.05, 0) is 51.7 Å². The van der Waals surface area contributed by atoms with Gasteiger partial charge in [0, 0.05) is 24.8 Å². The summed E-state index contributed by atoms with van der Waals surface area (Å²) >= 11 is 1.38. The number of nitrogens with one attached hydrogen (secondary N) is 1. The summed E-state index contributed by atoms with van der Waals surface area (Å²) < 4.78 is 0. The number of likely N-dealkylation sites (tertiary alicyclic amines) is 1. The standard InChI is InChI=1S/C19H29N3O2S/c1-13-6-8-17(9-7-13)21-18(23)12-25-15(3)19(24)22-10-4-5-16(11-22)14(2)20/h6-9,14-16H,4-5,10-12,20H2,1-3H3,(H,21,23). The van der Waals surface area contributed by atoms with Crippen LogP contribution < -0.4 is 11.1 Å². The molecule has 25 heavy (non-hydrogen) atoms. The van der Waals surface area contributed by atoms with E-state index in [1.54, 1.807) is 0 Å². The van der Waals surface area contributed by atoms with Gasteiger partial charge >= 0.3 is 0 Å². The maximum atomic E-state index is 12.6. The lowest BCUT2D eigenvalue weighted by atomic mass is 9.92. The number of hydrogen-bond donors (Lipinski definition) is 2. The smallest absolute Gasteiger partial charge is 0.235 e. The van der Waals surface area contributed by atoms with Gasteiger partial charge in [0.15, 0.2) is 0 Å². The number of rotatable bonds is 6. The van der Waals surface area contributed by atoms with Crippen LogP contribution in [0.2, 0.25) is 0 Å². The van der Waals surface area contributed by atoms with Crippen LogP contribution in [0.4, 0.5) is 5.69 Å². The van der Waals surface area contributed by atoms with Crippen LogP contribution in [-0.4, -0.2) is 46.8 Å². The highest BCUT2D eigenvalue weighted by Crippen LogP contribution is 2.22. The van der Waals surface area contributed by atoms with Crippen LogP contribution in [0.25, 0.3) is 0 Å². The third-order valence-corrected chi connectivity index (χ3v) is 5.79. The maximum Gasteiger partial charge on any atom is 0.235 e. The normalized spacial score (nSPS) is 20.0. The fraction of sp³-hybridized carbons (Fsp3) is 0.579. The molecule has 0 spiro atoms. The number of nitrogens with zero attached hydrogens (tertiary/aromatic N) is 1. The molecular formula is C19H29N3O2S. The second-order valence-electron chi connectivity index (χ2n) is 6.91. The van der Waals surface area contributed by atoms with Crippen LogP contribution in [0.3, 0.4) is 0 Å². The van der Waals surface area contributed by atoms with Crippen molar-refractivity contribution in [3.63, 3.8) is 0 Å². The summed E-state index contributed by atoms with van der Waals surface area (Å²) in [6.07, 6.45) is 2.09. The van der Waals surface area contributed by atoms with Gasteiger partial charge in [-0.1, -0.05) is 17.7 Å². The summed E-state index contributed by atoms with van der Waals surface area (Å²) in [5, 5.41) is 2.64. The Hall–Kier alpha value is -1.53. The van der Waals surface area contributed by atoms with E-state index in [1.165, 1.54) is 11.8 Å². The lowest BCUT2D eigenvalue weighted by Crippen LogP contribution is -2.47. The van der Waals surface area contributed by atoms with Crippen LogP contribution in [0.5, 0.6) is 0 Å². The van der Waals surface area contributed by atoms with E-state index in [1.807, 2.05) is 49.9 Å². The zero-order valence-electron chi connectivity index (χ0n) is 15.3. The van der Waals surface area contributed by atoms with Gasteiger partial charge in [0.05, 0.1) is 11.0 Å². The van der Waals surface area contributed by atoms with E-state index >= 15 is 0 Å². The molecule has 138 valence electrons. The van der Waals surface area contributed by atoms with Crippen molar-refractivity contribution >= 4 is 29.3 Å². The molecule has 0 bridgehead atoms. The number of amides is 2. The quantitative estimate of drug-likeness (QED) is 0.815. The monoisotopic (exact) mass is 363 g/mol. The summed E-state index contributed by atoms with van der Waals surface area (Å²) in [6, 6.07) is 7.79. The molecule has 1 aliphatic rings. The highest BCUT2D eigenvalue weighted by atomic mass is 32.2. The molecule has 1 aromatic carbocycles. The molecule has 1 heterocycles. The fourth-order valence-electron chi connectivity index (χ4n) is 3.00. The topological polar surface area (TPSA) is 75.4 Å². The van der Waals surface area contributed by atoms with Gasteiger partial charge < -0.3 is 16.0 Å². The molecule has 6 heteroatoms. The number of aryl methyl sites for hydroxylation is 1. The Kier molecular flexibility index (Phi) is 7.32. The fourth-order valence-corrected chi connectivity index (χ4v) is 3.77. The Morgan fingerprint density at radius 1 is 1.32 bits per heavy atom. The van der Waals surface area contributed by atoms with E-state index < -0.39 is 0 Å². The first-order chi connectivity index (χ1) is 11.9. The second kappa shape index (κ2) is 9.25. The van der Waals surface area contributed by atoms with Crippen LogP contribution in [0.1, 0.15) is 32.3 Å². The van der Waals surface area contributed by atoms with Gasteiger partial charge in [0.1, 0.15) is 0 Å². The molecule has 3 atom stereocenters. The molecule has 3 unspecified atom stereocenters. The number of anilines is 1. The van der Waals surface area contributed by atoms with E-state index in [-0.39, 0.29) is 28.9 Å². The summed E-state index contributed by atoms with van der Waals surface area (Å²) in [5.41, 5.74) is 7.92. The Bertz CT molecular complexity index is 589. The van der Waals surface area contributed by atoms with E-state index in [0.717, 1.165) is 37.2 Å². The van der Waals surface area contributed by atoms with Crippen LogP contribution in [-0.2, 0) is 9.59 Å². The molecule has 1 saturated heterocycles. The first-order valence-electron chi connectivity index (χ1n) is 8.89. The average Bonchev–Trinajstić information content (AvgIpc) is 2.61. The largest absolute Gasteiger partial charge is 0.341 e. The molecule has 0 saturated carbocycles. The highest BCUT2D eigenvalue weighted by Gasteiger charge is 2.28. The third kappa shape index (κ3) is 6.04. The third-order valence-electron chi connectivity index (χ3n) is 4.66. The second-order valence-corrected chi connectivity index (χ2v) is 8.24. The zero-order chi connectivity index (χ0) is 18.4. The average molecular weight is 364 g/mol. The van der Waals surface area contributed by atoms with Crippen molar-refractivity contribution in [1.82, 2.24) is 4.90 Å². The summed E-state index contributed by atoms with van der Waals surface area (Å²) in [6.45, 7) is 7.42. The molecule has 1 fully saturated rings. The molecule has 0 aromatic heterocycles. The minimum atomic E-state index is -0.226. The maximum absolute atomic E-state index is 12.6. The summed E-state index contributed by atoms with van der Waals surface area (Å²) in [4.78, 5) is 26.6. The van der Waals surface area contributed by atoms with Crippen LogP contribution in [0, 0.1) is 12.8 Å². The Morgan fingerprint density at radius 3 is 2.64 bits per heavy atom. The first-order valence-corrected chi connectivity index (χ1v) is 9.94. The molecule has 2 rings (SSSR count). The number of benzene rings is 1. The predicted octanol–water partition coefficient (Wildman–Crippen LogP) is 2.64. The van der Waals surface area contributed by atoms with Gasteiger partial charge in [0.2, 0.25) is 11.8 Å². The molecule has 2 amide bonds. The molecule has 3 N–H and O–H groups in total. The number of nitrogens with two attached hydrogens (primary N) is 1. The van der Waals surface area contributed by atoms with E-state index in [0.29, 0.717) is 5.92 Å². The first kappa shape index (κ1) is 19.8. The summed E-state index contributed by atoms with van der Waals surface area (Å²) in [5.74, 6) is 0.671. The van der Waals surface area contributed by atoms with Crippen LogP contribution >= 0.6 is 11.8 Å². The Balaban J connectivity index is 1.78. The van der Waals surface area contributed by atoms with Gasteiger partial charge in [-0.15, -0.1) is 11.8 Å². The van der Waals surface area contributed by atoms with E-state index in [9.17, 15) is 9.59 Å². The van der Waals surface area contributed by atoms with Crippen molar-refractivity contribution in [3.05, 3.63) is 29.8 Å². The predicted molar refractivity (Wildman–Crippen MR) is 105 cm³/mol. The molecule has 5 nitrogen and oxygen atoms in total. The molecule has 0 radical (unpaired) electrons. The van der Waals surface area contributed by atoms with Gasteiger partial charge in [-0.2, -0.15) is 0 Å². The molecule has 1 aliphatic heterocycles. The van der Waals surface area contributed by atoms with Gasteiger partial charge in [0.25, 0.3) is 0 Å². The minimum absolute atomic E-state index is 0.0828. The zero-order valence-corrected chi connectivity index (χ0v) is 16.1. The highest BCUT2D eigenvalue weighted by molar-refractivity contribution is 8.01. The van der Waals surface area contributed by atoms with Crippen molar-refractivity contribution in [2.45, 2.75) is 44.9 Å². The van der Waals surface area contributed by atoms with Gasteiger partial charge in [-0.25, -0.2) is 0 Å². The molecular weight excluding hydrogens is 334 g/mol. The number of piperidine rings is 1. The van der Waals surface area contributed by atoms with Crippen molar-refractivity contribution in [1.29, 1.82) is 0 Å². The van der Waals surface area contributed by atoms with Crippen molar-refractivity contribution < 1.29 is 9.59 Å². The Labute approximate surface area is 154 Å². The number of carbonyl (C=O) groups is 2. The SMILES string of the molecule is Cc1ccc(NC(=O)CSC(C)C(=O)N2CCCC(C(C)N)C2)cc1. The lowest BCUT2D eigenvalue weighted by Gasteiger charge is -2.35. The number of thioether (sulfide) groups is 1. The lowest BCUT2D eigenvalue weighted by molar-refractivity contribution is -0.132. The summed E-state index contributed by atoms with van der Waals surface area (Å²) in [7, 11) is 0. The van der Waals surface area contributed by atoms with E-state index in [2.05, 4.69) is 5.32 Å². The number of hydrogen-bond acceptors (Lipinski definition) is 4. The minimum Gasteiger partial charge on any atom is -0.341 e. The molecule has 1 aromatic rings. The van der Waals surface area contributed by atoms with Crippen molar-refractivity contribution in [3.8, 4) is 0 Å².